The second kappa shape index (κ2) is 7.07. The van der Waals surface area contributed by atoms with Gasteiger partial charge in [-0.1, -0.05) is 37.5 Å². The minimum Gasteiger partial charge on any atom is -0.206 e. The van der Waals surface area contributed by atoms with Crippen molar-refractivity contribution < 1.29 is 8.96 Å². The van der Waals surface area contributed by atoms with Gasteiger partial charge in [-0.3, -0.25) is 0 Å². The molecule has 0 bridgehead atoms. The molecule has 1 aliphatic rings. The van der Waals surface area contributed by atoms with E-state index in [1.54, 1.807) is 0 Å². The fourth-order valence-electron chi connectivity index (χ4n) is 4.73. The van der Waals surface area contributed by atoms with Gasteiger partial charge < -0.3 is 0 Å². The lowest BCUT2D eigenvalue weighted by Gasteiger charge is -2.22. The van der Waals surface area contributed by atoms with Gasteiger partial charge in [-0.25, -0.2) is 8.96 Å². The molecule has 2 aromatic carbocycles. The lowest BCUT2D eigenvalue weighted by molar-refractivity contribution is -0.659. The van der Waals surface area contributed by atoms with Crippen molar-refractivity contribution in [2.45, 2.75) is 58.8 Å². The number of hydrogen-bond acceptors (Lipinski definition) is 0. The summed E-state index contributed by atoms with van der Waals surface area (Å²) in [6.07, 6.45) is 8.71. The van der Waals surface area contributed by atoms with E-state index in [2.05, 4.69) is 42.0 Å². The second-order valence-corrected chi connectivity index (χ2v) is 8.28. The molecule has 1 aromatic heterocycles. The van der Waals surface area contributed by atoms with Crippen molar-refractivity contribution in [3.63, 3.8) is 0 Å². The van der Waals surface area contributed by atoms with Gasteiger partial charge in [-0.15, -0.1) is 0 Å². The first-order chi connectivity index (χ1) is 13.0. The van der Waals surface area contributed by atoms with Crippen LogP contribution in [-0.2, 0) is 7.05 Å². The van der Waals surface area contributed by atoms with Gasteiger partial charge in [0.15, 0.2) is 6.20 Å². The summed E-state index contributed by atoms with van der Waals surface area (Å²) in [4.78, 5) is 0. The van der Waals surface area contributed by atoms with Crippen LogP contribution in [0.3, 0.4) is 0 Å². The molecule has 1 aliphatic carbocycles. The summed E-state index contributed by atoms with van der Waals surface area (Å²) in [5.41, 5.74) is 6.04. The zero-order valence-corrected chi connectivity index (χ0v) is 16.9. The molecule has 0 saturated heterocycles. The minimum absolute atomic E-state index is 0.0995. The zero-order chi connectivity index (χ0) is 19.1. The van der Waals surface area contributed by atoms with Crippen LogP contribution in [0, 0.1) is 26.6 Å². The van der Waals surface area contributed by atoms with E-state index in [1.807, 2.05) is 27.0 Å². The Morgan fingerprint density at radius 1 is 0.926 bits per heavy atom. The number of pyridine rings is 1. The van der Waals surface area contributed by atoms with Crippen LogP contribution in [0.15, 0.2) is 36.5 Å². The van der Waals surface area contributed by atoms with Crippen LogP contribution in [0.25, 0.3) is 22.0 Å². The summed E-state index contributed by atoms with van der Waals surface area (Å²) in [6, 6.07) is 10.9. The molecule has 1 heterocycles. The highest BCUT2D eigenvalue weighted by Crippen LogP contribution is 2.37. The maximum Gasteiger partial charge on any atom is 0.223 e. The number of aryl methyl sites for hydroxylation is 3. The zero-order valence-electron chi connectivity index (χ0n) is 16.9. The molecular formula is C25H29FN+. The summed E-state index contributed by atoms with van der Waals surface area (Å²) in [5.74, 6) is 0.581. The topological polar surface area (TPSA) is 3.88 Å². The Hall–Kier alpha value is -2.22. The molecule has 0 unspecified atom stereocenters. The number of halogens is 1. The molecular weight excluding hydrogens is 333 g/mol. The molecule has 0 N–H and O–H groups in total. The molecule has 1 fully saturated rings. The number of aromatic nitrogens is 1. The summed E-state index contributed by atoms with van der Waals surface area (Å²) < 4.78 is 17.3. The fraction of sp³-hybridized carbons (Fsp3) is 0.400. The molecule has 0 amide bonds. The predicted molar refractivity (Wildman–Crippen MR) is 111 cm³/mol. The molecule has 1 nitrogen and oxygen atoms in total. The lowest BCUT2D eigenvalue weighted by Crippen LogP contribution is -2.31. The van der Waals surface area contributed by atoms with Gasteiger partial charge in [0.25, 0.3) is 0 Å². The van der Waals surface area contributed by atoms with Crippen LogP contribution < -0.4 is 4.57 Å². The quantitative estimate of drug-likeness (QED) is 0.462. The molecule has 0 spiro atoms. The maximum atomic E-state index is 15.2. The molecule has 27 heavy (non-hydrogen) atoms. The van der Waals surface area contributed by atoms with Crippen LogP contribution in [-0.4, -0.2) is 0 Å². The van der Waals surface area contributed by atoms with E-state index in [0.717, 1.165) is 27.8 Å². The van der Waals surface area contributed by atoms with Crippen molar-refractivity contribution in [2.24, 2.45) is 7.05 Å². The summed E-state index contributed by atoms with van der Waals surface area (Å²) >= 11 is 0. The van der Waals surface area contributed by atoms with Crippen molar-refractivity contribution >= 4 is 10.8 Å². The Morgan fingerprint density at radius 2 is 1.67 bits per heavy atom. The largest absolute Gasteiger partial charge is 0.223 e. The van der Waals surface area contributed by atoms with E-state index in [-0.39, 0.29) is 5.82 Å². The molecule has 4 rings (SSSR count). The summed E-state index contributed by atoms with van der Waals surface area (Å²) in [6.45, 7) is 5.96. The summed E-state index contributed by atoms with van der Waals surface area (Å²) in [5, 5.41) is 2.34. The first kappa shape index (κ1) is 18.2. The number of fused-ring (bicyclic) bond motifs is 1. The molecule has 0 radical (unpaired) electrons. The third kappa shape index (κ3) is 3.16. The predicted octanol–water partition coefficient (Wildman–Crippen LogP) is 6.44. The van der Waals surface area contributed by atoms with Crippen molar-refractivity contribution in [2.75, 3.05) is 0 Å². The van der Waals surface area contributed by atoms with Gasteiger partial charge >= 0.3 is 0 Å². The third-order valence-corrected chi connectivity index (χ3v) is 6.44. The smallest absolute Gasteiger partial charge is 0.206 e. The lowest BCUT2D eigenvalue weighted by atomic mass is 9.83. The molecule has 0 atom stereocenters. The fourth-order valence-corrected chi connectivity index (χ4v) is 4.73. The van der Waals surface area contributed by atoms with Crippen molar-refractivity contribution in [3.8, 4) is 11.3 Å². The molecule has 140 valence electrons. The molecule has 0 aliphatic heterocycles. The third-order valence-electron chi connectivity index (χ3n) is 6.44. The van der Waals surface area contributed by atoms with E-state index in [0.29, 0.717) is 11.5 Å². The Morgan fingerprint density at radius 3 is 2.41 bits per heavy atom. The van der Waals surface area contributed by atoms with E-state index < -0.39 is 0 Å². The highest BCUT2D eigenvalue weighted by atomic mass is 19.1. The standard InChI is InChI=1S/C25H29FN/c1-16-14-17(2)24(26)23(18(16)3)25-22-11-10-20(19-8-6-5-7-9-19)15-21(22)12-13-27(25)4/h10-15,19H,5-9H2,1-4H3/q+1. The van der Waals surface area contributed by atoms with Gasteiger partial charge in [-0.05, 0) is 73.2 Å². The minimum atomic E-state index is -0.0995. The van der Waals surface area contributed by atoms with Crippen LogP contribution >= 0.6 is 0 Å². The van der Waals surface area contributed by atoms with Gasteiger partial charge in [0.05, 0.1) is 10.9 Å². The summed E-state index contributed by atoms with van der Waals surface area (Å²) in [7, 11) is 2.01. The van der Waals surface area contributed by atoms with Crippen LogP contribution in [0.4, 0.5) is 4.39 Å². The van der Waals surface area contributed by atoms with Crippen LogP contribution in [0.1, 0.15) is 60.3 Å². The SMILES string of the molecule is Cc1cc(C)c(F)c(-c2c3ccc(C4CCCCC4)cc3cc[n+]2C)c1C. The Bertz CT molecular complexity index is 986. The average Bonchev–Trinajstić information content (AvgIpc) is 2.68. The molecule has 3 aromatic rings. The monoisotopic (exact) mass is 362 g/mol. The van der Waals surface area contributed by atoms with Gasteiger partial charge in [-0.2, -0.15) is 0 Å². The van der Waals surface area contributed by atoms with Crippen molar-refractivity contribution in [1.82, 2.24) is 0 Å². The van der Waals surface area contributed by atoms with Crippen LogP contribution in [0.5, 0.6) is 0 Å². The highest BCUT2D eigenvalue weighted by Gasteiger charge is 2.24. The van der Waals surface area contributed by atoms with Crippen molar-refractivity contribution in [3.05, 3.63) is 64.6 Å². The van der Waals surface area contributed by atoms with Crippen molar-refractivity contribution in [1.29, 1.82) is 0 Å². The van der Waals surface area contributed by atoms with E-state index in [4.69, 9.17) is 0 Å². The first-order valence-corrected chi connectivity index (χ1v) is 10.2. The normalized spacial score (nSPS) is 15.4. The Kier molecular flexibility index (Phi) is 4.75. The highest BCUT2D eigenvalue weighted by molar-refractivity contribution is 5.94. The number of nitrogens with zero attached hydrogens (tertiary/aromatic N) is 1. The van der Waals surface area contributed by atoms with Gasteiger partial charge in [0, 0.05) is 6.07 Å². The van der Waals surface area contributed by atoms with E-state index in [1.165, 1.54) is 43.1 Å². The van der Waals surface area contributed by atoms with E-state index in [9.17, 15) is 0 Å². The second-order valence-electron chi connectivity index (χ2n) is 8.28. The number of rotatable bonds is 2. The maximum absolute atomic E-state index is 15.2. The average molecular weight is 363 g/mol. The number of benzene rings is 2. The Balaban J connectivity index is 1.93. The van der Waals surface area contributed by atoms with Crippen LogP contribution in [0.2, 0.25) is 0 Å². The molecule has 1 saturated carbocycles. The van der Waals surface area contributed by atoms with Gasteiger partial charge in [0.1, 0.15) is 12.9 Å². The Labute approximate surface area is 161 Å². The van der Waals surface area contributed by atoms with Gasteiger partial charge in [0.2, 0.25) is 5.69 Å². The number of hydrogen-bond donors (Lipinski definition) is 0. The first-order valence-electron chi connectivity index (χ1n) is 10.2. The van der Waals surface area contributed by atoms with E-state index >= 15 is 4.39 Å². The molecule has 2 heteroatoms.